The van der Waals surface area contributed by atoms with E-state index in [4.69, 9.17) is 4.74 Å². The highest BCUT2D eigenvalue weighted by molar-refractivity contribution is 6.22. The second-order valence-corrected chi connectivity index (χ2v) is 5.49. The van der Waals surface area contributed by atoms with E-state index in [0.29, 0.717) is 18.4 Å². The number of carbonyl (C=O) groups excluding carboxylic acids is 2. The van der Waals surface area contributed by atoms with Crippen molar-refractivity contribution in [3.63, 3.8) is 0 Å². The lowest BCUT2D eigenvalue weighted by Gasteiger charge is -2.31. The second-order valence-electron chi connectivity index (χ2n) is 5.49. The van der Waals surface area contributed by atoms with Crippen molar-refractivity contribution < 1.29 is 24.2 Å². The van der Waals surface area contributed by atoms with E-state index >= 15 is 0 Å². The third kappa shape index (κ3) is 2.03. The molecule has 0 aliphatic carbocycles. The number of carbonyl (C=O) groups is 3. The van der Waals surface area contributed by atoms with Crippen molar-refractivity contribution in [1.29, 1.82) is 0 Å². The van der Waals surface area contributed by atoms with E-state index < -0.39 is 30.0 Å². The Balaban J connectivity index is 2.18. The fraction of sp³-hybridized carbons (Fsp3) is 0.400. The summed E-state index contributed by atoms with van der Waals surface area (Å²) in [7, 11) is 0. The Labute approximate surface area is 121 Å². The summed E-state index contributed by atoms with van der Waals surface area (Å²) in [6.07, 6.45) is -0.289. The maximum Gasteiger partial charge on any atom is 0.337 e. The summed E-state index contributed by atoms with van der Waals surface area (Å²) in [6, 6.07) is 3.24. The average molecular weight is 289 g/mol. The van der Waals surface area contributed by atoms with Gasteiger partial charge in [-0.25, -0.2) is 9.69 Å². The zero-order valence-corrected chi connectivity index (χ0v) is 11.8. The summed E-state index contributed by atoms with van der Waals surface area (Å²) >= 11 is 0. The number of imide groups is 1. The standard InChI is InChI=1S/C15H15NO5/c1-7-5-8(2)12(9(6-7)15(19)20)16-13(17)10-3-4-11(21-10)14(16)18/h5-6,10-11H,3-4H2,1-2H3,(H,19,20). The maximum atomic E-state index is 12.4. The molecule has 6 heteroatoms. The molecule has 110 valence electrons. The number of hydrogen-bond acceptors (Lipinski definition) is 4. The molecule has 0 spiro atoms. The van der Waals surface area contributed by atoms with E-state index in [1.807, 2.05) is 0 Å². The maximum absolute atomic E-state index is 12.4. The molecule has 2 aliphatic rings. The number of rotatable bonds is 2. The van der Waals surface area contributed by atoms with Gasteiger partial charge in [0, 0.05) is 0 Å². The van der Waals surface area contributed by atoms with Crippen LogP contribution in [0.3, 0.4) is 0 Å². The van der Waals surface area contributed by atoms with Gasteiger partial charge in [0.05, 0.1) is 11.3 Å². The predicted molar refractivity (Wildman–Crippen MR) is 73.3 cm³/mol. The fourth-order valence-electron chi connectivity index (χ4n) is 3.04. The number of aromatic carboxylic acids is 1. The number of nitrogens with zero attached hydrogens (tertiary/aromatic N) is 1. The van der Waals surface area contributed by atoms with Crippen molar-refractivity contribution in [3.8, 4) is 0 Å². The Bertz CT molecular complexity index is 644. The smallest absolute Gasteiger partial charge is 0.337 e. The van der Waals surface area contributed by atoms with E-state index in [9.17, 15) is 19.5 Å². The first kappa shape index (κ1) is 13.8. The number of carboxylic acids is 1. The number of hydrogen-bond donors (Lipinski definition) is 1. The SMILES string of the molecule is Cc1cc(C)c(N2C(=O)C3CCC(O3)C2=O)c(C(=O)O)c1. The third-order valence-electron chi connectivity index (χ3n) is 3.91. The van der Waals surface area contributed by atoms with Crippen LogP contribution in [-0.2, 0) is 14.3 Å². The fourth-order valence-corrected chi connectivity index (χ4v) is 3.04. The van der Waals surface area contributed by atoms with E-state index in [0.717, 1.165) is 10.5 Å². The average Bonchev–Trinajstić information content (AvgIpc) is 2.85. The largest absolute Gasteiger partial charge is 0.478 e. The lowest BCUT2D eigenvalue weighted by molar-refractivity contribution is -0.146. The monoisotopic (exact) mass is 289 g/mol. The zero-order valence-electron chi connectivity index (χ0n) is 11.8. The summed E-state index contributed by atoms with van der Waals surface area (Å²) in [5.74, 6) is -2.09. The van der Waals surface area contributed by atoms with Gasteiger partial charge in [0.25, 0.3) is 11.8 Å². The molecule has 6 nitrogen and oxygen atoms in total. The molecule has 1 aromatic rings. The first-order valence-electron chi connectivity index (χ1n) is 6.78. The molecule has 0 radical (unpaired) electrons. The van der Waals surface area contributed by atoms with Crippen LogP contribution in [-0.4, -0.2) is 35.1 Å². The van der Waals surface area contributed by atoms with Gasteiger partial charge in [0.1, 0.15) is 12.2 Å². The van der Waals surface area contributed by atoms with Crippen molar-refractivity contribution in [2.75, 3.05) is 4.90 Å². The number of amides is 2. The molecule has 2 amide bonds. The van der Waals surface area contributed by atoms with Gasteiger partial charge in [-0.1, -0.05) is 6.07 Å². The molecule has 2 saturated heterocycles. The summed E-state index contributed by atoms with van der Waals surface area (Å²) < 4.78 is 5.35. The van der Waals surface area contributed by atoms with Crippen molar-refractivity contribution in [2.45, 2.75) is 38.9 Å². The van der Waals surface area contributed by atoms with Gasteiger partial charge in [0.15, 0.2) is 0 Å². The van der Waals surface area contributed by atoms with E-state index in [-0.39, 0.29) is 11.3 Å². The number of benzene rings is 1. The van der Waals surface area contributed by atoms with E-state index in [1.54, 1.807) is 19.9 Å². The second kappa shape index (κ2) is 4.66. The molecule has 0 saturated carbocycles. The Morgan fingerprint density at radius 2 is 1.76 bits per heavy atom. The lowest BCUT2D eigenvalue weighted by Crippen LogP contribution is -2.52. The molecular formula is C15H15NO5. The zero-order chi connectivity index (χ0) is 15.3. The van der Waals surface area contributed by atoms with Gasteiger partial charge in [-0.3, -0.25) is 9.59 Å². The highest BCUT2D eigenvalue weighted by atomic mass is 16.5. The molecule has 3 rings (SSSR count). The Hall–Kier alpha value is -2.21. The van der Waals surface area contributed by atoms with E-state index in [1.165, 1.54) is 6.07 Å². The number of aryl methyl sites for hydroxylation is 2. The van der Waals surface area contributed by atoms with Crippen molar-refractivity contribution in [3.05, 3.63) is 28.8 Å². The highest BCUT2D eigenvalue weighted by Gasteiger charge is 2.48. The predicted octanol–water partition coefficient (Wildman–Crippen LogP) is 1.42. The van der Waals surface area contributed by atoms with Crippen LogP contribution in [0.1, 0.15) is 34.3 Å². The Kier molecular flexibility index (Phi) is 3.06. The summed E-state index contributed by atoms with van der Waals surface area (Å²) in [4.78, 5) is 37.3. The highest BCUT2D eigenvalue weighted by Crippen LogP contribution is 2.35. The van der Waals surface area contributed by atoms with Crippen LogP contribution < -0.4 is 4.90 Å². The van der Waals surface area contributed by atoms with Gasteiger partial charge < -0.3 is 9.84 Å². The number of ether oxygens (including phenoxy) is 1. The van der Waals surface area contributed by atoms with Crippen molar-refractivity contribution in [2.24, 2.45) is 0 Å². The normalized spacial score (nSPS) is 24.6. The van der Waals surface area contributed by atoms with Crippen molar-refractivity contribution >= 4 is 23.5 Å². The Morgan fingerprint density at radius 1 is 1.19 bits per heavy atom. The first-order valence-corrected chi connectivity index (χ1v) is 6.78. The van der Waals surface area contributed by atoms with Gasteiger partial charge in [-0.2, -0.15) is 0 Å². The third-order valence-corrected chi connectivity index (χ3v) is 3.91. The topological polar surface area (TPSA) is 83.9 Å². The molecule has 21 heavy (non-hydrogen) atoms. The quantitative estimate of drug-likeness (QED) is 0.832. The molecule has 0 aromatic heterocycles. The van der Waals surface area contributed by atoms with Crippen LogP contribution in [0.5, 0.6) is 0 Å². The summed E-state index contributed by atoms with van der Waals surface area (Å²) in [5, 5.41) is 9.38. The molecule has 1 N–H and O–H groups in total. The molecule has 1 aromatic carbocycles. The van der Waals surface area contributed by atoms with Crippen LogP contribution in [0.25, 0.3) is 0 Å². The number of anilines is 1. The molecule has 2 atom stereocenters. The molecule has 2 heterocycles. The van der Waals surface area contributed by atoms with Gasteiger partial charge in [0.2, 0.25) is 0 Å². The molecule has 2 bridgehead atoms. The number of carboxylic acid groups (broad SMARTS) is 1. The van der Waals surface area contributed by atoms with Crippen LogP contribution in [0.15, 0.2) is 12.1 Å². The van der Waals surface area contributed by atoms with E-state index in [2.05, 4.69) is 0 Å². The summed E-state index contributed by atoms with van der Waals surface area (Å²) in [6.45, 7) is 3.47. The van der Waals surface area contributed by atoms with Gasteiger partial charge in [-0.05, 0) is 43.9 Å². The summed E-state index contributed by atoms with van der Waals surface area (Å²) in [5.41, 5.74) is 1.50. The van der Waals surface area contributed by atoms with Crippen LogP contribution in [0.4, 0.5) is 5.69 Å². The Morgan fingerprint density at radius 3 is 2.29 bits per heavy atom. The van der Waals surface area contributed by atoms with Crippen molar-refractivity contribution in [1.82, 2.24) is 0 Å². The first-order chi connectivity index (χ1) is 9.90. The van der Waals surface area contributed by atoms with Crippen LogP contribution in [0.2, 0.25) is 0 Å². The molecular weight excluding hydrogens is 274 g/mol. The molecule has 2 unspecified atom stereocenters. The lowest BCUT2D eigenvalue weighted by atomic mass is 10.0. The minimum Gasteiger partial charge on any atom is -0.478 e. The van der Waals surface area contributed by atoms with Gasteiger partial charge >= 0.3 is 5.97 Å². The van der Waals surface area contributed by atoms with Crippen LogP contribution >= 0.6 is 0 Å². The minimum atomic E-state index is -1.16. The number of morpholine rings is 1. The molecule has 2 aliphatic heterocycles. The van der Waals surface area contributed by atoms with Crippen LogP contribution in [0, 0.1) is 13.8 Å². The number of fused-ring (bicyclic) bond motifs is 2. The van der Waals surface area contributed by atoms with Gasteiger partial charge in [-0.15, -0.1) is 0 Å². The molecule has 2 fully saturated rings. The minimum absolute atomic E-state index is 0.0319.